The summed E-state index contributed by atoms with van der Waals surface area (Å²) in [4.78, 5) is 14.9. The van der Waals surface area contributed by atoms with Gasteiger partial charge in [-0.2, -0.15) is 0 Å². The second kappa shape index (κ2) is 9.56. The van der Waals surface area contributed by atoms with Gasteiger partial charge in [-0.3, -0.25) is 9.69 Å². The molecule has 0 radical (unpaired) electrons. The zero-order valence-corrected chi connectivity index (χ0v) is 16.4. The van der Waals surface area contributed by atoms with Crippen molar-refractivity contribution in [3.8, 4) is 5.75 Å². The minimum atomic E-state index is 0.0433. The number of benzene rings is 2. The number of rotatable bonds is 7. The lowest BCUT2D eigenvalue weighted by molar-refractivity contribution is -0.120. The normalized spacial score (nSPS) is 15.5. The van der Waals surface area contributed by atoms with Gasteiger partial charge < -0.3 is 10.1 Å². The number of hydrogen-bond donors (Lipinski definition) is 1. The lowest BCUT2D eigenvalue weighted by Crippen LogP contribution is -2.33. The lowest BCUT2D eigenvalue weighted by Gasteiger charge is -2.30. The molecule has 0 atom stereocenters. The highest BCUT2D eigenvalue weighted by atomic mass is 16.5. The Balaban J connectivity index is 1.53. The summed E-state index contributed by atoms with van der Waals surface area (Å²) >= 11 is 0. The van der Waals surface area contributed by atoms with Gasteiger partial charge in [-0.25, -0.2) is 0 Å². The number of amides is 1. The fourth-order valence-electron chi connectivity index (χ4n) is 3.53. The number of ether oxygens (including phenoxy) is 1. The van der Waals surface area contributed by atoms with Gasteiger partial charge in [-0.05, 0) is 60.7 Å². The highest BCUT2D eigenvalue weighted by molar-refractivity contribution is 5.78. The summed E-state index contributed by atoms with van der Waals surface area (Å²) in [5, 5.41) is 3.07. The molecule has 1 aliphatic heterocycles. The summed E-state index contributed by atoms with van der Waals surface area (Å²) in [6.45, 7) is 6.22. The van der Waals surface area contributed by atoms with Crippen molar-refractivity contribution in [2.75, 3.05) is 20.2 Å². The minimum Gasteiger partial charge on any atom is -0.497 e. The fourth-order valence-corrected chi connectivity index (χ4v) is 3.53. The monoisotopic (exact) mass is 366 g/mol. The maximum atomic E-state index is 12.3. The highest BCUT2D eigenvalue weighted by Gasteiger charge is 2.16. The first-order valence-corrected chi connectivity index (χ1v) is 9.83. The van der Waals surface area contributed by atoms with E-state index in [0.29, 0.717) is 13.0 Å². The van der Waals surface area contributed by atoms with Crippen molar-refractivity contribution in [2.45, 2.75) is 39.3 Å². The van der Waals surface area contributed by atoms with E-state index in [1.807, 2.05) is 30.3 Å². The summed E-state index contributed by atoms with van der Waals surface area (Å²) in [7, 11) is 1.64. The Morgan fingerprint density at radius 2 is 1.74 bits per heavy atom. The lowest BCUT2D eigenvalue weighted by atomic mass is 9.98. The molecule has 1 aliphatic rings. The van der Waals surface area contributed by atoms with E-state index in [-0.39, 0.29) is 5.91 Å². The average molecular weight is 367 g/mol. The first kappa shape index (κ1) is 19.4. The Morgan fingerprint density at radius 1 is 1.07 bits per heavy atom. The smallest absolute Gasteiger partial charge is 0.224 e. The van der Waals surface area contributed by atoms with Crippen LogP contribution >= 0.6 is 0 Å². The summed E-state index contributed by atoms with van der Waals surface area (Å²) < 4.78 is 5.16. The molecular weight excluding hydrogens is 336 g/mol. The second-order valence-electron chi connectivity index (χ2n) is 7.53. The van der Waals surface area contributed by atoms with Crippen molar-refractivity contribution < 1.29 is 9.53 Å². The van der Waals surface area contributed by atoms with Gasteiger partial charge in [-0.15, -0.1) is 0 Å². The largest absolute Gasteiger partial charge is 0.497 e. The predicted octanol–water partition coefficient (Wildman–Crippen LogP) is 3.79. The predicted molar refractivity (Wildman–Crippen MR) is 109 cm³/mol. The third kappa shape index (κ3) is 5.83. The first-order valence-electron chi connectivity index (χ1n) is 9.83. The highest BCUT2D eigenvalue weighted by Crippen LogP contribution is 2.19. The number of likely N-dealkylation sites (tertiary alicyclic amines) is 1. The van der Waals surface area contributed by atoms with Gasteiger partial charge in [0.1, 0.15) is 5.75 Å². The maximum Gasteiger partial charge on any atom is 0.224 e. The van der Waals surface area contributed by atoms with E-state index >= 15 is 0 Å². The molecule has 0 bridgehead atoms. The molecule has 0 saturated carbocycles. The van der Waals surface area contributed by atoms with E-state index in [9.17, 15) is 4.79 Å². The van der Waals surface area contributed by atoms with Crippen LogP contribution in [0.5, 0.6) is 5.75 Å². The van der Waals surface area contributed by atoms with Crippen LogP contribution in [0.3, 0.4) is 0 Å². The summed E-state index contributed by atoms with van der Waals surface area (Å²) in [5.41, 5.74) is 3.51. The molecule has 1 fully saturated rings. The van der Waals surface area contributed by atoms with Gasteiger partial charge in [0.15, 0.2) is 0 Å². The van der Waals surface area contributed by atoms with Crippen LogP contribution in [-0.4, -0.2) is 31.0 Å². The van der Waals surface area contributed by atoms with E-state index in [0.717, 1.165) is 23.8 Å². The molecule has 2 aromatic carbocycles. The fraction of sp³-hybridized carbons (Fsp3) is 0.435. The molecule has 4 nitrogen and oxygen atoms in total. The van der Waals surface area contributed by atoms with Crippen LogP contribution in [-0.2, 0) is 24.3 Å². The Morgan fingerprint density at radius 3 is 2.41 bits per heavy atom. The first-order chi connectivity index (χ1) is 13.1. The van der Waals surface area contributed by atoms with E-state index in [4.69, 9.17) is 4.74 Å². The Kier molecular flexibility index (Phi) is 6.88. The average Bonchev–Trinajstić information content (AvgIpc) is 2.69. The molecule has 4 heteroatoms. The van der Waals surface area contributed by atoms with Crippen LogP contribution in [0.25, 0.3) is 0 Å². The standard InChI is InChI=1S/C23H30N2O2/c1-18-11-13-25(14-12-18)17-21-6-4-3-5-20(21)16-24-23(26)15-19-7-9-22(27-2)10-8-19/h3-10,18H,11-17H2,1-2H3,(H,24,26). The van der Waals surface area contributed by atoms with Crippen molar-refractivity contribution in [3.63, 3.8) is 0 Å². The third-order valence-electron chi connectivity index (χ3n) is 5.39. The number of nitrogens with one attached hydrogen (secondary N) is 1. The second-order valence-corrected chi connectivity index (χ2v) is 7.53. The van der Waals surface area contributed by atoms with Gasteiger partial charge in [0.05, 0.1) is 13.5 Å². The number of nitrogens with zero attached hydrogens (tertiary/aromatic N) is 1. The molecule has 0 spiro atoms. The van der Waals surface area contributed by atoms with E-state index in [1.165, 1.54) is 37.1 Å². The van der Waals surface area contributed by atoms with E-state index in [2.05, 4.69) is 35.3 Å². The number of piperidine rings is 1. The number of carbonyl (C=O) groups excluding carboxylic acids is 1. The van der Waals surface area contributed by atoms with Crippen molar-refractivity contribution >= 4 is 5.91 Å². The van der Waals surface area contributed by atoms with Gasteiger partial charge >= 0.3 is 0 Å². The molecule has 2 aromatic rings. The van der Waals surface area contributed by atoms with Crippen LogP contribution in [0.4, 0.5) is 0 Å². The van der Waals surface area contributed by atoms with Crippen molar-refractivity contribution in [1.29, 1.82) is 0 Å². The molecule has 0 unspecified atom stereocenters. The molecule has 1 amide bonds. The van der Waals surface area contributed by atoms with Crippen LogP contribution in [0.2, 0.25) is 0 Å². The molecule has 0 aliphatic carbocycles. The Bertz CT molecular complexity index is 734. The Labute approximate surface area is 162 Å². The maximum absolute atomic E-state index is 12.3. The molecule has 144 valence electrons. The van der Waals surface area contributed by atoms with Gasteiger partial charge in [-0.1, -0.05) is 43.3 Å². The molecule has 1 saturated heterocycles. The Hall–Kier alpha value is -2.33. The van der Waals surface area contributed by atoms with Crippen LogP contribution in [0.1, 0.15) is 36.5 Å². The number of hydrogen-bond acceptors (Lipinski definition) is 3. The third-order valence-corrected chi connectivity index (χ3v) is 5.39. The zero-order chi connectivity index (χ0) is 19.1. The number of carbonyl (C=O) groups is 1. The van der Waals surface area contributed by atoms with Crippen LogP contribution in [0, 0.1) is 5.92 Å². The minimum absolute atomic E-state index is 0.0433. The number of methoxy groups -OCH3 is 1. The van der Waals surface area contributed by atoms with Crippen LogP contribution in [0.15, 0.2) is 48.5 Å². The zero-order valence-electron chi connectivity index (χ0n) is 16.4. The van der Waals surface area contributed by atoms with Crippen molar-refractivity contribution in [3.05, 3.63) is 65.2 Å². The van der Waals surface area contributed by atoms with Gasteiger partial charge in [0.2, 0.25) is 5.91 Å². The van der Waals surface area contributed by atoms with Crippen molar-refractivity contribution in [1.82, 2.24) is 10.2 Å². The van der Waals surface area contributed by atoms with Gasteiger partial charge in [0, 0.05) is 13.1 Å². The van der Waals surface area contributed by atoms with Crippen LogP contribution < -0.4 is 10.1 Å². The summed E-state index contributed by atoms with van der Waals surface area (Å²) in [6, 6.07) is 16.1. The molecule has 0 aromatic heterocycles. The molecule has 1 heterocycles. The molecular formula is C23H30N2O2. The molecule has 3 rings (SSSR count). The quantitative estimate of drug-likeness (QED) is 0.811. The van der Waals surface area contributed by atoms with E-state index < -0.39 is 0 Å². The molecule has 27 heavy (non-hydrogen) atoms. The van der Waals surface area contributed by atoms with E-state index in [1.54, 1.807) is 7.11 Å². The summed E-state index contributed by atoms with van der Waals surface area (Å²) in [5.74, 6) is 1.69. The molecule has 1 N–H and O–H groups in total. The summed E-state index contributed by atoms with van der Waals surface area (Å²) in [6.07, 6.45) is 2.94. The van der Waals surface area contributed by atoms with Crippen molar-refractivity contribution in [2.24, 2.45) is 5.92 Å². The topological polar surface area (TPSA) is 41.6 Å². The SMILES string of the molecule is COc1ccc(CC(=O)NCc2ccccc2CN2CCC(C)CC2)cc1. The van der Waals surface area contributed by atoms with Gasteiger partial charge in [0.25, 0.3) is 0 Å².